The highest BCUT2D eigenvalue weighted by Gasteiger charge is 2.36. The Morgan fingerprint density at radius 3 is 2.61 bits per heavy atom. The first-order valence-electron chi connectivity index (χ1n) is 5.66. The minimum absolute atomic E-state index is 0.278. The van der Waals surface area contributed by atoms with Gasteiger partial charge in [0.25, 0.3) is 0 Å². The minimum Gasteiger partial charge on any atom is -0.390 e. The molecule has 1 aliphatic rings. The number of hydrogen-bond donors (Lipinski definition) is 1. The first-order valence-corrected chi connectivity index (χ1v) is 6.48. The summed E-state index contributed by atoms with van der Waals surface area (Å²) in [7, 11) is 0. The summed E-state index contributed by atoms with van der Waals surface area (Å²) in [6.45, 7) is 2.85. The van der Waals surface area contributed by atoms with Crippen molar-refractivity contribution in [3.63, 3.8) is 0 Å². The van der Waals surface area contributed by atoms with E-state index in [1.165, 1.54) is 0 Å². The van der Waals surface area contributed by atoms with Crippen molar-refractivity contribution in [1.82, 2.24) is 10.2 Å². The molecule has 1 aromatic rings. The maximum absolute atomic E-state index is 12.4. The lowest BCUT2D eigenvalue weighted by Gasteiger charge is -2.21. The molecular formula is C10H14F3N3OS. The van der Waals surface area contributed by atoms with Crippen LogP contribution in [0.1, 0.15) is 31.2 Å². The van der Waals surface area contributed by atoms with Gasteiger partial charge in [0.2, 0.25) is 10.1 Å². The van der Waals surface area contributed by atoms with E-state index in [1.54, 1.807) is 11.8 Å². The number of anilines is 1. The number of halogens is 3. The SMILES string of the molecule is CC1(O)CCCN(c2nnc(C(F)(F)F)s2)CC1. The third kappa shape index (κ3) is 3.11. The van der Waals surface area contributed by atoms with Crippen molar-refractivity contribution < 1.29 is 18.3 Å². The van der Waals surface area contributed by atoms with Crippen LogP contribution in [0, 0.1) is 0 Å². The Balaban J connectivity index is 2.10. The standard InChI is InChI=1S/C10H14F3N3OS/c1-9(17)3-2-5-16(6-4-9)8-15-14-7(18-8)10(11,12)13/h17H,2-6H2,1H3. The second kappa shape index (κ2) is 4.65. The van der Waals surface area contributed by atoms with Crippen LogP contribution < -0.4 is 4.90 Å². The Morgan fingerprint density at radius 2 is 2.00 bits per heavy atom. The number of hydrogen-bond acceptors (Lipinski definition) is 5. The lowest BCUT2D eigenvalue weighted by molar-refractivity contribution is -0.138. The van der Waals surface area contributed by atoms with E-state index in [2.05, 4.69) is 10.2 Å². The molecule has 1 N–H and O–H groups in total. The van der Waals surface area contributed by atoms with E-state index in [-0.39, 0.29) is 5.13 Å². The van der Waals surface area contributed by atoms with E-state index < -0.39 is 16.8 Å². The second-order valence-electron chi connectivity index (χ2n) is 4.73. The lowest BCUT2D eigenvalue weighted by Crippen LogP contribution is -2.28. The van der Waals surface area contributed by atoms with Gasteiger partial charge < -0.3 is 10.0 Å². The van der Waals surface area contributed by atoms with E-state index in [0.717, 1.165) is 6.42 Å². The molecule has 1 saturated heterocycles. The van der Waals surface area contributed by atoms with Crippen molar-refractivity contribution in [3.8, 4) is 0 Å². The number of aromatic nitrogens is 2. The molecule has 1 aliphatic heterocycles. The molecule has 1 aromatic heterocycles. The predicted molar refractivity (Wildman–Crippen MR) is 61.6 cm³/mol. The molecule has 0 radical (unpaired) electrons. The van der Waals surface area contributed by atoms with Gasteiger partial charge in [-0.1, -0.05) is 11.3 Å². The molecule has 0 saturated carbocycles. The van der Waals surface area contributed by atoms with Gasteiger partial charge in [-0.15, -0.1) is 10.2 Å². The van der Waals surface area contributed by atoms with Gasteiger partial charge >= 0.3 is 6.18 Å². The highest BCUT2D eigenvalue weighted by molar-refractivity contribution is 7.15. The van der Waals surface area contributed by atoms with E-state index in [1.807, 2.05) is 0 Å². The molecule has 8 heteroatoms. The normalized spacial score (nSPS) is 26.2. The molecule has 0 aliphatic carbocycles. The highest BCUT2D eigenvalue weighted by atomic mass is 32.1. The average Bonchev–Trinajstić information content (AvgIpc) is 2.65. The summed E-state index contributed by atoms with van der Waals surface area (Å²) in [5.74, 6) is 0. The molecular weight excluding hydrogens is 267 g/mol. The Hall–Kier alpha value is -0.890. The van der Waals surface area contributed by atoms with Crippen LogP contribution in [-0.4, -0.2) is 34.0 Å². The zero-order chi connectivity index (χ0) is 13.4. The molecule has 2 heterocycles. The number of nitrogens with zero attached hydrogens (tertiary/aromatic N) is 3. The van der Waals surface area contributed by atoms with Gasteiger partial charge in [-0.2, -0.15) is 13.2 Å². The zero-order valence-electron chi connectivity index (χ0n) is 9.87. The fraction of sp³-hybridized carbons (Fsp3) is 0.800. The monoisotopic (exact) mass is 281 g/mol. The van der Waals surface area contributed by atoms with E-state index in [0.29, 0.717) is 37.3 Å². The Bertz CT molecular complexity index is 419. The molecule has 0 bridgehead atoms. The second-order valence-corrected chi connectivity index (χ2v) is 5.68. The topological polar surface area (TPSA) is 49.2 Å². The van der Waals surface area contributed by atoms with Gasteiger partial charge in [0.05, 0.1) is 5.60 Å². The minimum atomic E-state index is -4.44. The summed E-state index contributed by atoms with van der Waals surface area (Å²) in [4.78, 5) is 1.76. The number of rotatable bonds is 1. The average molecular weight is 281 g/mol. The van der Waals surface area contributed by atoms with E-state index in [4.69, 9.17) is 0 Å². The maximum atomic E-state index is 12.4. The van der Waals surface area contributed by atoms with Crippen LogP contribution in [0.25, 0.3) is 0 Å². The quantitative estimate of drug-likeness (QED) is 0.858. The van der Waals surface area contributed by atoms with E-state index >= 15 is 0 Å². The Kier molecular flexibility index (Phi) is 3.50. The van der Waals surface area contributed by atoms with Crippen molar-refractivity contribution >= 4 is 16.5 Å². The third-order valence-corrected chi connectivity index (χ3v) is 4.02. The van der Waals surface area contributed by atoms with Crippen molar-refractivity contribution in [2.45, 2.75) is 38.0 Å². The zero-order valence-corrected chi connectivity index (χ0v) is 10.7. The number of alkyl halides is 3. The summed E-state index contributed by atoms with van der Waals surface area (Å²) in [6.07, 6.45) is -2.54. The van der Waals surface area contributed by atoms with Crippen LogP contribution in [0.15, 0.2) is 0 Å². The van der Waals surface area contributed by atoms with Crippen molar-refractivity contribution in [2.75, 3.05) is 18.0 Å². The molecule has 1 fully saturated rings. The fourth-order valence-electron chi connectivity index (χ4n) is 1.91. The molecule has 0 aromatic carbocycles. The lowest BCUT2D eigenvalue weighted by atomic mass is 9.98. The summed E-state index contributed by atoms with van der Waals surface area (Å²) < 4.78 is 37.3. The first kappa shape index (κ1) is 13.5. The van der Waals surface area contributed by atoms with E-state index in [9.17, 15) is 18.3 Å². The summed E-state index contributed by atoms with van der Waals surface area (Å²) >= 11 is 0.553. The Labute approximate surface area is 106 Å². The van der Waals surface area contributed by atoms with Gasteiger partial charge in [-0.25, -0.2) is 0 Å². The van der Waals surface area contributed by atoms with Crippen LogP contribution in [0.4, 0.5) is 18.3 Å². The van der Waals surface area contributed by atoms with Crippen molar-refractivity contribution in [2.24, 2.45) is 0 Å². The highest BCUT2D eigenvalue weighted by Crippen LogP contribution is 2.35. The van der Waals surface area contributed by atoms with Gasteiger partial charge in [-0.3, -0.25) is 0 Å². The number of aliphatic hydroxyl groups is 1. The summed E-state index contributed by atoms with van der Waals surface area (Å²) in [5.41, 5.74) is -0.744. The predicted octanol–water partition coefficient (Wildman–Crippen LogP) is 2.30. The van der Waals surface area contributed by atoms with Crippen molar-refractivity contribution in [3.05, 3.63) is 5.01 Å². The molecule has 0 amide bonds. The summed E-state index contributed by atoms with van der Waals surface area (Å²) in [6, 6.07) is 0. The molecule has 2 rings (SSSR count). The van der Waals surface area contributed by atoms with Crippen LogP contribution in [0.5, 0.6) is 0 Å². The Morgan fingerprint density at radius 1 is 1.28 bits per heavy atom. The van der Waals surface area contributed by atoms with Gasteiger partial charge in [0.1, 0.15) is 0 Å². The van der Waals surface area contributed by atoms with Gasteiger partial charge in [0, 0.05) is 13.1 Å². The fourth-order valence-corrected chi connectivity index (χ4v) is 2.68. The molecule has 102 valence electrons. The molecule has 1 atom stereocenters. The first-order chi connectivity index (χ1) is 8.28. The van der Waals surface area contributed by atoms with Crippen LogP contribution in [-0.2, 0) is 6.18 Å². The van der Waals surface area contributed by atoms with Crippen LogP contribution in [0.2, 0.25) is 0 Å². The molecule has 4 nitrogen and oxygen atoms in total. The van der Waals surface area contributed by atoms with Crippen molar-refractivity contribution in [1.29, 1.82) is 0 Å². The van der Waals surface area contributed by atoms with Crippen LogP contribution in [0.3, 0.4) is 0 Å². The van der Waals surface area contributed by atoms with Gasteiger partial charge in [-0.05, 0) is 26.2 Å². The largest absolute Gasteiger partial charge is 0.445 e. The summed E-state index contributed by atoms with van der Waals surface area (Å²) in [5, 5.41) is 16.0. The maximum Gasteiger partial charge on any atom is 0.445 e. The third-order valence-electron chi connectivity index (χ3n) is 2.99. The van der Waals surface area contributed by atoms with Gasteiger partial charge in [0.15, 0.2) is 0 Å². The molecule has 0 spiro atoms. The molecule has 18 heavy (non-hydrogen) atoms. The molecule has 1 unspecified atom stereocenters. The smallest absolute Gasteiger partial charge is 0.390 e. The van der Waals surface area contributed by atoms with Crippen LogP contribution >= 0.6 is 11.3 Å².